The van der Waals surface area contributed by atoms with Gasteiger partial charge in [0.25, 0.3) is 0 Å². The van der Waals surface area contributed by atoms with Gasteiger partial charge in [-0.05, 0) is 36.8 Å². The van der Waals surface area contributed by atoms with Gasteiger partial charge in [-0.1, -0.05) is 6.92 Å². The van der Waals surface area contributed by atoms with Gasteiger partial charge in [-0.2, -0.15) is 0 Å². The van der Waals surface area contributed by atoms with Crippen LogP contribution in [0.3, 0.4) is 0 Å². The highest BCUT2D eigenvalue weighted by Gasteiger charge is 2.28. The van der Waals surface area contributed by atoms with Gasteiger partial charge in [-0.3, -0.25) is 4.79 Å². The summed E-state index contributed by atoms with van der Waals surface area (Å²) < 4.78 is 32.8. The van der Waals surface area contributed by atoms with E-state index in [1.165, 1.54) is 12.1 Å². The van der Waals surface area contributed by atoms with Gasteiger partial charge < -0.3 is 14.5 Å². The second kappa shape index (κ2) is 5.89. The highest BCUT2D eigenvalue weighted by Crippen LogP contribution is 2.40. The molecule has 3 heterocycles. The average Bonchev–Trinajstić information content (AvgIpc) is 3.23. The third kappa shape index (κ3) is 2.16. The van der Waals surface area contributed by atoms with Crippen LogP contribution >= 0.6 is 0 Å². The summed E-state index contributed by atoms with van der Waals surface area (Å²) in [5.74, 6) is -0.199. The predicted octanol–water partition coefficient (Wildman–Crippen LogP) is 4.66. The molecule has 142 valence electrons. The van der Waals surface area contributed by atoms with Crippen LogP contribution in [-0.2, 0) is 7.05 Å². The molecule has 5 rings (SSSR count). The van der Waals surface area contributed by atoms with Crippen molar-refractivity contribution in [3.8, 4) is 11.5 Å². The summed E-state index contributed by atoms with van der Waals surface area (Å²) in [5, 5.41) is 4.11. The first-order chi connectivity index (χ1) is 13.5. The van der Waals surface area contributed by atoms with Crippen LogP contribution in [0.15, 0.2) is 30.3 Å². The number of anilines is 1. The Hall–Kier alpha value is -3.22. The summed E-state index contributed by atoms with van der Waals surface area (Å²) in [4.78, 5) is 15.7. The monoisotopic (exact) mass is 380 g/mol. The van der Waals surface area contributed by atoms with Crippen LogP contribution in [0.1, 0.15) is 29.7 Å². The summed E-state index contributed by atoms with van der Waals surface area (Å²) in [6, 6.07) is 8.09. The lowest BCUT2D eigenvalue weighted by molar-refractivity contribution is 0.112. The number of halogens is 2. The van der Waals surface area contributed by atoms with Gasteiger partial charge in [0, 0.05) is 24.5 Å². The molecule has 1 atom stereocenters. The number of fused-ring (bicyclic) bond motifs is 1. The van der Waals surface area contributed by atoms with Crippen LogP contribution in [0, 0.1) is 11.6 Å². The molecule has 4 aromatic rings. The molecular weight excluding hydrogens is 362 g/mol. The zero-order chi connectivity index (χ0) is 19.6. The van der Waals surface area contributed by atoms with E-state index in [9.17, 15) is 13.6 Å². The fraction of sp³-hybridized carbons (Fsp3) is 0.238. The highest BCUT2D eigenvalue weighted by molar-refractivity contribution is 5.97. The minimum atomic E-state index is -0.490. The molecule has 0 saturated heterocycles. The topological polar surface area (TPSA) is 51.9 Å². The quantitative estimate of drug-likeness (QED) is 0.526. The van der Waals surface area contributed by atoms with Gasteiger partial charge >= 0.3 is 0 Å². The van der Waals surface area contributed by atoms with Gasteiger partial charge in [0.05, 0.1) is 28.5 Å². The molecule has 2 aromatic carbocycles. The summed E-state index contributed by atoms with van der Waals surface area (Å²) in [6.45, 7) is 2.69. The Kier molecular flexibility index (Phi) is 3.56. The predicted molar refractivity (Wildman–Crippen MR) is 105 cm³/mol. The number of aldehydes is 1. The molecule has 1 aliphatic heterocycles. The minimum Gasteiger partial charge on any atom is -0.379 e. The van der Waals surface area contributed by atoms with Crippen LogP contribution in [0.25, 0.3) is 33.5 Å². The number of aryl methyl sites for hydroxylation is 1. The SMILES string of the molecule is CCC1CNc2c(F)ccc3cc(-c4nc5cc(C=O)cc(F)c5n4C)n1c23. The molecule has 0 amide bonds. The molecule has 0 radical (unpaired) electrons. The number of aromatic nitrogens is 3. The maximum atomic E-state index is 14.6. The van der Waals surface area contributed by atoms with E-state index in [0.29, 0.717) is 35.4 Å². The van der Waals surface area contributed by atoms with E-state index in [4.69, 9.17) is 0 Å². The Morgan fingerprint density at radius 3 is 2.79 bits per heavy atom. The van der Waals surface area contributed by atoms with Crippen molar-refractivity contribution < 1.29 is 13.6 Å². The molecule has 2 aromatic heterocycles. The number of nitrogens with zero attached hydrogens (tertiary/aromatic N) is 3. The Morgan fingerprint density at radius 2 is 2.04 bits per heavy atom. The standard InChI is InChI=1S/C21H18F2N4O/c1-3-13-9-24-18-14(22)5-4-12-8-17(27(13)19(12)18)21-25-16-7-11(10-28)6-15(23)20(16)26(21)2/h4-8,10,13,24H,3,9H2,1-2H3. The largest absolute Gasteiger partial charge is 0.379 e. The van der Waals surface area contributed by atoms with Crippen molar-refractivity contribution in [1.82, 2.24) is 14.1 Å². The number of carbonyl (C=O) groups is 1. The van der Waals surface area contributed by atoms with Crippen molar-refractivity contribution in [2.24, 2.45) is 7.05 Å². The zero-order valence-corrected chi connectivity index (χ0v) is 15.5. The fourth-order valence-corrected chi connectivity index (χ4v) is 4.27. The van der Waals surface area contributed by atoms with Crippen molar-refractivity contribution >= 4 is 33.9 Å². The van der Waals surface area contributed by atoms with E-state index < -0.39 is 5.82 Å². The van der Waals surface area contributed by atoms with Crippen LogP contribution in [-0.4, -0.2) is 26.9 Å². The van der Waals surface area contributed by atoms with E-state index >= 15 is 0 Å². The molecule has 7 heteroatoms. The molecule has 0 fully saturated rings. The van der Waals surface area contributed by atoms with Gasteiger partial charge in [0.15, 0.2) is 5.82 Å². The molecule has 0 bridgehead atoms. The minimum absolute atomic E-state index is 0.122. The molecule has 0 aliphatic carbocycles. The molecule has 5 nitrogen and oxygen atoms in total. The van der Waals surface area contributed by atoms with E-state index in [0.717, 1.165) is 23.0 Å². The first-order valence-corrected chi connectivity index (χ1v) is 9.22. The Balaban J connectivity index is 1.86. The van der Waals surface area contributed by atoms with Gasteiger partial charge in [0.2, 0.25) is 0 Å². The second-order valence-electron chi connectivity index (χ2n) is 7.19. The lowest BCUT2D eigenvalue weighted by Crippen LogP contribution is -2.24. The third-order valence-corrected chi connectivity index (χ3v) is 5.61. The maximum Gasteiger partial charge on any atom is 0.157 e. The molecule has 1 N–H and O–H groups in total. The average molecular weight is 380 g/mol. The lowest BCUT2D eigenvalue weighted by atomic mass is 10.1. The number of nitrogens with one attached hydrogen (secondary N) is 1. The fourth-order valence-electron chi connectivity index (χ4n) is 4.27. The smallest absolute Gasteiger partial charge is 0.157 e. The van der Waals surface area contributed by atoms with Crippen molar-refractivity contribution in [3.05, 3.63) is 47.5 Å². The highest BCUT2D eigenvalue weighted by atomic mass is 19.1. The Labute approximate surface area is 159 Å². The molecule has 0 saturated carbocycles. The Morgan fingerprint density at radius 1 is 1.21 bits per heavy atom. The Bertz CT molecular complexity index is 1270. The normalized spacial score (nSPS) is 15.9. The number of carbonyl (C=O) groups excluding carboxylic acids is 1. The van der Waals surface area contributed by atoms with Crippen molar-refractivity contribution in [1.29, 1.82) is 0 Å². The number of benzene rings is 2. The molecule has 1 unspecified atom stereocenters. The summed E-state index contributed by atoms with van der Waals surface area (Å²) in [5.41, 5.74) is 3.10. The molecule has 1 aliphatic rings. The number of hydrogen-bond acceptors (Lipinski definition) is 3. The first kappa shape index (κ1) is 16.9. The van der Waals surface area contributed by atoms with E-state index in [1.807, 2.05) is 6.07 Å². The summed E-state index contributed by atoms with van der Waals surface area (Å²) in [6.07, 6.45) is 1.47. The molecule has 28 heavy (non-hydrogen) atoms. The third-order valence-electron chi connectivity index (χ3n) is 5.61. The number of imidazole rings is 1. The van der Waals surface area contributed by atoms with Gasteiger partial charge in [-0.25, -0.2) is 13.8 Å². The molecule has 0 spiro atoms. The van der Waals surface area contributed by atoms with Gasteiger partial charge in [0.1, 0.15) is 23.4 Å². The van der Waals surface area contributed by atoms with Crippen molar-refractivity contribution in [2.45, 2.75) is 19.4 Å². The van der Waals surface area contributed by atoms with E-state index in [2.05, 4.69) is 21.8 Å². The van der Waals surface area contributed by atoms with Gasteiger partial charge in [-0.15, -0.1) is 0 Å². The summed E-state index contributed by atoms with van der Waals surface area (Å²) in [7, 11) is 1.75. The van der Waals surface area contributed by atoms with Crippen molar-refractivity contribution in [3.63, 3.8) is 0 Å². The molecular formula is C21H18F2N4O. The maximum absolute atomic E-state index is 14.6. The number of rotatable bonds is 3. The van der Waals surface area contributed by atoms with Crippen molar-refractivity contribution in [2.75, 3.05) is 11.9 Å². The van der Waals surface area contributed by atoms with E-state index in [1.54, 1.807) is 23.7 Å². The van der Waals surface area contributed by atoms with Crippen LogP contribution in [0.5, 0.6) is 0 Å². The van der Waals surface area contributed by atoms with E-state index in [-0.39, 0.29) is 17.4 Å². The summed E-state index contributed by atoms with van der Waals surface area (Å²) >= 11 is 0. The lowest BCUT2D eigenvalue weighted by Gasteiger charge is -2.28. The second-order valence-corrected chi connectivity index (χ2v) is 7.19. The first-order valence-electron chi connectivity index (χ1n) is 9.22. The van der Waals surface area contributed by atoms with Crippen LogP contribution in [0.4, 0.5) is 14.5 Å². The van der Waals surface area contributed by atoms with Crippen LogP contribution < -0.4 is 5.32 Å². The zero-order valence-electron chi connectivity index (χ0n) is 15.5. The van der Waals surface area contributed by atoms with Crippen LogP contribution in [0.2, 0.25) is 0 Å². The number of hydrogen-bond donors (Lipinski definition) is 1.